The number of rotatable bonds is 7. The summed E-state index contributed by atoms with van der Waals surface area (Å²) in [5.41, 5.74) is 1.41. The fourth-order valence-corrected chi connectivity index (χ4v) is 4.24. The van der Waals surface area contributed by atoms with Crippen molar-refractivity contribution in [2.75, 3.05) is 23.5 Å². The molecule has 0 atom stereocenters. The molecule has 4 aromatic rings. The molecule has 2 aromatic heterocycles. The van der Waals surface area contributed by atoms with Crippen molar-refractivity contribution in [2.45, 2.75) is 12.1 Å². The van der Waals surface area contributed by atoms with E-state index in [0.29, 0.717) is 32.9 Å². The molecule has 0 saturated carbocycles. The third kappa shape index (κ3) is 4.36. The molecule has 0 aliphatic carbocycles. The zero-order valence-corrected chi connectivity index (χ0v) is 17.5. The van der Waals surface area contributed by atoms with E-state index in [0.717, 1.165) is 23.1 Å². The predicted octanol–water partition coefficient (Wildman–Crippen LogP) is 3.54. The molecule has 0 radical (unpaired) electrons. The molecule has 11 heteroatoms. The molecule has 3 N–H and O–H groups in total. The Morgan fingerprint density at radius 2 is 2.07 bits per heavy atom. The number of halogens is 1. The fraction of sp³-hybridized carbons (Fsp3) is 0.158. The number of nitrogens with one attached hydrogen (secondary N) is 1. The van der Waals surface area contributed by atoms with E-state index in [9.17, 15) is 9.18 Å². The number of fused-ring (bicyclic) bond motifs is 1. The smallest absolute Gasteiger partial charge is 0.236 e. The summed E-state index contributed by atoms with van der Waals surface area (Å²) in [4.78, 5) is 16.5. The van der Waals surface area contributed by atoms with Gasteiger partial charge in [-0.3, -0.25) is 4.79 Å². The molecule has 8 nitrogen and oxygen atoms in total. The molecule has 0 unspecified atom stereocenters. The number of nitrogens with two attached hydrogens (primary N) is 1. The van der Waals surface area contributed by atoms with Crippen molar-refractivity contribution in [1.82, 2.24) is 19.9 Å². The molecule has 0 aliphatic rings. The molecular weight excluding hydrogens is 427 g/mol. The molecule has 0 aliphatic heterocycles. The highest BCUT2D eigenvalue weighted by atomic mass is 32.2. The van der Waals surface area contributed by atoms with Gasteiger partial charge in [0, 0.05) is 5.56 Å². The Labute approximate surface area is 179 Å². The molecule has 2 heterocycles. The zero-order chi connectivity index (χ0) is 21.1. The molecule has 30 heavy (non-hydrogen) atoms. The second-order valence-corrected chi connectivity index (χ2v) is 8.07. The van der Waals surface area contributed by atoms with Crippen LogP contribution < -0.4 is 15.9 Å². The van der Waals surface area contributed by atoms with Gasteiger partial charge in [-0.05, 0) is 49.4 Å². The summed E-state index contributed by atoms with van der Waals surface area (Å²) in [5.74, 6) is 6.79. The number of anilines is 1. The number of carbonyl (C=O) groups is 1. The summed E-state index contributed by atoms with van der Waals surface area (Å²) in [6, 6.07) is 11.6. The Hall–Kier alpha value is -3.18. The number of ether oxygens (including phenoxy) is 1. The van der Waals surface area contributed by atoms with Crippen LogP contribution in [0, 0.1) is 5.82 Å². The second-order valence-electron chi connectivity index (χ2n) is 6.10. The molecule has 0 spiro atoms. The maximum atomic E-state index is 13.3. The molecule has 0 fully saturated rings. The number of benzene rings is 2. The van der Waals surface area contributed by atoms with Gasteiger partial charge in [-0.15, -0.1) is 10.2 Å². The van der Waals surface area contributed by atoms with Crippen molar-refractivity contribution in [2.24, 2.45) is 0 Å². The maximum Gasteiger partial charge on any atom is 0.236 e. The van der Waals surface area contributed by atoms with Crippen LogP contribution in [0.25, 0.3) is 21.6 Å². The number of nitrogen functional groups attached to an aromatic ring is 1. The van der Waals surface area contributed by atoms with E-state index < -0.39 is 0 Å². The lowest BCUT2D eigenvalue weighted by Crippen LogP contribution is -2.16. The Bertz CT molecular complexity index is 1190. The minimum Gasteiger partial charge on any atom is -0.494 e. The van der Waals surface area contributed by atoms with Gasteiger partial charge in [0.25, 0.3) is 0 Å². The zero-order valence-electron chi connectivity index (χ0n) is 15.8. The van der Waals surface area contributed by atoms with Crippen LogP contribution in [0.4, 0.5) is 9.52 Å². The van der Waals surface area contributed by atoms with E-state index in [2.05, 4.69) is 20.5 Å². The van der Waals surface area contributed by atoms with Crippen molar-refractivity contribution in [3.8, 4) is 17.1 Å². The number of carbonyl (C=O) groups excluding carboxylic acids is 1. The molecule has 1 amide bonds. The Morgan fingerprint density at radius 3 is 2.83 bits per heavy atom. The Morgan fingerprint density at radius 1 is 1.27 bits per heavy atom. The minimum absolute atomic E-state index is 0.0723. The van der Waals surface area contributed by atoms with Gasteiger partial charge in [-0.1, -0.05) is 23.1 Å². The van der Waals surface area contributed by atoms with E-state index in [-0.39, 0.29) is 17.5 Å². The maximum absolute atomic E-state index is 13.3. The number of hydrogen-bond donors (Lipinski definition) is 2. The number of thiazole rings is 1. The largest absolute Gasteiger partial charge is 0.494 e. The first-order valence-corrected chi connectivity index (χ1v) is 10.8. The average molecular weight is 445 g/mol. The van der Waals surface area contributed by atoms with Gasteiger partial charge in [0.2, 0.25) is 11.1 Å². The summed E-state index contributed by atoms with van der Waals surface area (Å²) in [5, 5.41) is 11.7. The van der Waals surface area contributed by atoms with Crippen LogP contribution in [0.5, 0.6) is 5.75 Å². The summed E-state index contributed by atoms with van der Waals surface area (Å²) < 4.78 is 20.7. The number of amides is 1. The van der Waals surface area contributed by atoms with Crippen molar-refractivity contribution in [1.29, 1.82) is 0 Å². The highest BCUT2D eigenvalue weighted by Crippen LogP contribution is 2.27. The number of nitrogens with zero attached hydrogens (tertiary/aromatic N) is 4. The van der Waals surface area contributed by atoms with Crippen LogP contribution in [-0.4, -0.2) is 38.1 Å². The highest BCUT2D eigenvalue weighted by molar-refractivity contribution is 7.99. The standard InChI is InChI=1S/C19H17FN6O2S2/c1-2-28-13-6-3-11(4-7-13)17-24-25-19(26(17)21)29-10-16(27)23-18-22-14-8-5-12(20)9-15(14)30-18/h3-9H,2,10,21H2,1H3,(H,22,23,27). The summed E-state index contributed by atoms with van der Waals surface area (Å²) in [6.07, 6.45) is 0. The number of thioether (sulfide) groups is 1. The first kappa shape index (κ1) is 20.1. The lowest BCUT2D eigenvalue weighted by Gasteiger charge is -2.05. The normalized spacial score (nSPS) is 11.0. The average Bonchev–Trinajstić information content (AvgIpc) is 3.29. The van der Waals surface area contributed by atoms with Gasteiger partial charge >= 0.3 is 0 Å². The van der Waals surface area contributed by atoms with E-state index in [1.807, 2.05) is 31.2 Å². The number of hydrogen-bond acceptors (Lipinski definition) is 8. The molecule has 154 valence electrons. The lowest BCUT2D eigenvalue weighted by molar-refractivity contribution is -0.113. The van der Waals surface area contributed by atoms with Crippen LogP contribution in [0.2, 0.25) is 0 Å². The van der Waals surface area contributed by atoms with Crippen molar-refractivity contribution in [3.05, 3.63) is 48.3 Å². The number of aromatic nitrogens is 4. The Balaban J connectivity index is 1.39. The van der Waals surface area contributed by atoms with Crippen molar-refractivity contribution in [3.63, 3.8) is 0 Å². The summed E-state index contributed by atoms with van der Waals surface area (Å²) in [7, 11) is 0. The van der Waals surface area contributed by atoms with Gasteiger partial charge in [0.15, 0.2) is 11.0 Å². The monoisotopic (exact) mass is 444 g/mol. The first-order valence-electron chi connectivity index (χ1n) is 8.96. The van der Waals surface area contributed by atoms with Crippen LogP contribution >= 0.6 is 23.1 Å². The quantitative estimate of drug-likeness (QED) is 0.332. The van der Waals surface area contributed by atoms with Crippen LogP contribution in [-0.2, 0) is 4.79 Å². The first-order chi connectivity index (χ1) is 14.5. The van der Waals surface area contributed by atoms with Crippen molar-refractivity contribution >= 4 is 44.4 Å². The minimum atomic E-state index is -0.342. The molecule has 4 rings (SSSR count). The van der Waals surface area contributed by atoms with Crippen LogP contribution in [0.1, 0.15) is 6.92 Å². The third-order valence-corrected chi connectivity index (χ3v) is 5.89. The van der Waals surface area contributed by atoms with Gasteiger partial charge < -0.3 is 15.9 Å². The summed E-state index contributed by atoms with van der Waals surface area (Å²) >= 11 is 2.37. The Kier molecular flexibility index (Phi) is 5.81. The van der Waals surface area contributed by atoms with E-state index in [4.69, 9.17) is 10.6 Å². The highest BCUT2D eigenvalue weighted by Gasteiger charge is 2.15. The van der Waals surface area contributed by atoms with Crippen molar-refractivity contribution < 1.29 is 13.9 Å². The molecule has 0 bridgehead atoms. The van der Waals surface area contributed by atoms with Crippen LogP contribution in [0.15, 0.2) is 47.6 Å². The molecular formula is C19H17FN6O2S2. The topological polar surface area (TPSA) is 108 Å². The van der Waals surface area contributed by atoms with Gasteiger partial charge in [-0.25, -0.2) is 14.1 Å². The third-order valence-electron chi connectivity index (χ3n) is 4.02. The van der Waals surface area contributed by atoms with Gasteiger partial charge in [-0.2, -0.15) is 0 Å². The SMILES string of the molecule is CCOc1ccc(-c2nnc(SCC(=O)Nc3nc4ccc(F)cc4s3)n2N)cc1. The van der Waals surface area contributed by atoms with Gasteiger partial charge in [0.05, 0.1) is 22.6 Å². The van der Waals surface area contributed by atoms with E-state index in [1.165, 1.54) is 28.1 Å². The molecule has 0 saturated heterocycles. The fourth-order valence-electron chi connectivity index (χ4n) is 2.68. The summed E-state index contributed by atoms with van der Waals surface area (Å²) in [6.45, 7) is 2.50. The van der Waals surface area contributed by atoms with Crippen LogP contribution in [0.3, 0.4) is 0 Å². The molecule has 2 aromatic carbocycles. The lowest BCUT2D eigenvalue weighted by atomic mass is 10.2. The van der Waals surface area contributed by atoms with E-state index in [1.54, 1.807) is 6.07 Å². The van der Waals surface area contributed by atoms with Gasteiger partial charge in [0.1, 0.15) is 11.6 Å². The van der Waals surface area contributed by atoms with E-state index >= 15 is 0 Å². The predicted molar refractivity (Wildman–Crippen MR) is 116 cm³/mol. The second kappa shape index (κ2) is 8.67.